The summed E-state index contributed by atoms with van der Waals surface area (Å²) < 4.78 is 10.6. The largest absolute Gasteiger partial charge is 0.464 e. The second-order valence-corrected chi connectivity index (χ2v) is 6.22. The van der Waals surface area contributed by atoms with E-state index in [1.54, 1.807) is 0 Å². The average molecular weight is 313 g/mol. The molecule has 0 aromatic rings. The molecule has 0 aromatic heterocycles. The second kappa shape index (κ2) is 6.36. The summed E-state index contributed by atoms with van der Waals surface area (Å²) in [5.41, 5.74) is 0. The highest BCUT2D eigenvalue weighted by Gasteiger charge is 2.50. The van der Waals surface area contributed by atoms with Crippen molar-refractivity contribution >= 4 is 11.8 Å². The third kappa shape index (κ3) is 3.48. The Kier molecular flexibility index (Phi) is 4.89. The summed E-state index contributed by atoms with van der Waals surface area (Å²) in [6.45, 7) is 5.59. The Balaban J connectivity index is 2.03. The first-order valence-electron chi connectivity index (χ1n) is 7.39. The van der Waals surface area contributed by atoms with Crippen LogP contribution in [0.3, 0.4) is 0 Å². The fourth-order valence-corrected chi connectivity index (χ4v) is 3.22. The van der Waals surface area contributed by atoms with Gasteiger partial charge < -0.3 is 19.7 Å². The molecule has 2 aliphatic heterocycles. The normalized spacial score (nSPS) is 32.5. The SMILES string of the molecule is C=C1O[C@@](O)([C@@H](OC)[C@@H](O)CC2CC(=O)NC(=O)C2)C[C@H]1C. The van der Waals surface area contributed by atoms with Crippen LogP contribution in [0, 0.1) is 11.8 Å². The van der Waals surface area contributed by atoms with Gasteiger partial charge in [0.2, 0.25) is 17.6 Å². The number of nitrogens with one attached hydrogen (secondary N) is 1. The number of aliphatic hydroxyl groups is 2. The number of hydrogen-bond acceptors (Lipinski definition) is 6. The zero-order valence-electron chi connectivity index (χ0n) is 12.9. The van der Waals surface area contributed by atoms with E-state index in [2.05, 4.69) is 11.9 Å². The van der Waals surface area contributed by atoms with Gasteiger partial charge in [0.1, 0.15) is 6.10 Å². The van der Waals surface area contributed by atoms with Crippen molar-refractivity contribution in [2.75, 3.05) is 7.11 Å². The molecular weight excluding hydrogens is 290 g/mol. The zero-order valence-corrected chi connectivity index (χ0v) is 12.9. The van der Waals surface area contributed by atoms with Crippen LogP contribution in [-0.4, -0.2) is 47.1 Å². The molecule has 22 heavy (non-hydrogen) atoms. The average Bonchev–Trinajstić information content (AvgIpc) is 2.62. The molecule has 124 valence electrons. The van der Waals surface area contributed by atoms with Crippen LogP contribution in [0.1, 0.15) is 32.6 Å². The van der Waals surface area contributed by atoms with E-state index in [9.17, 15) is 19.8 Å². The van der Waals surface area contributed by atoms with Gasteiger partial charge in [0, 0.05) is 32.3 Å². The predicted octanol–water partition coefficient (Wildman–Crippen LogP) is 0.0639. The van der Waals surface area contributed by atoms with E-state index in [-0.39, 0.29) is 49.3 Å². The third-order valence-electron chi connectivity index (χ3n) is 4.31. The number of piperidine rings is 1. The van der Waals surface area contributed by atoms with Gasteiger partial charge in [-0.15, -0.1) is 0 Å². The maximum Gasteiger partial charge on any atom is 0.237 e. The lowest BCUT2D eigenvalue weighted by Gasteiger charge is -2.35. The number of methoxy groups -OCH3 is 1. The number of rotatable bonds is 5. The number of hydrogen-bond donors (Lipinski definition) is 3. The number of amides is 2. The number of carbonyl (C=O) groups is 2. The fourth-order valence-electron chi connectivity index (χ4n) is 3.22. The van der Waals surface area contributed by atoms with Crippen LogP contribution >= 0.6 is 0 Å². The summed E-state index contributed by atoms with van der Waals surface area (Å²) in [7, 11) is 1.37. The molecule has 0 spiro atoms. The van der Waals surface area contributed by atoms with E-state index in [0.29, 0.717) is 5.76 Å². The van der Waals surface area contributed by atoms with E-state index in [1.165, 1.54) is 7.11 Å². The van der Waals surface area contributed by atoms with Crippen LogP contribution in [0.25, 0.3) is 0 Å². The van der Waals surface area contributed by atoms with E-state index < -0.39 is 18.0 Å². The van der Waals surface area contributed by atoms with Gasteiger partial charge >= 0.3 is 0 Å². The highest BCUT2D eigenvalue weighted by Crippen LogP contribution is 2.40. The smallest absolute Gasteiger partial charge is 0.237 e. The van der Waals surface area contributed by atoms with Crippen LogP contribution in [0.4, 0.5) is 0 Å². The van der Waals surface area contributed by atoms with Gasteiger partial charge in [-0.3, -0.25) is 14.9 Å². The molecule has 0 saturated carbocycles. The number of imide groups is 1. The predicted molar refractivity (Wildman–Crippen MR) is 76.3 cm³/mol. The van der Waals surface area contributed by atoms with Crippen molar-refractivity contribution in [1.29, 1.82) is 0 Å². The van der Waals surface area contributed by atoms with E-state index in [0.717, 1.165) is 0 Å². The van der Waals surface area contributed by atoms with Gasteiger partial charge in [-0.05, 0) is 12.3 Å². The lowest BCUT2D eigenvalue weighted by atomic mass is 9.86. The molecule has 2 saturated heterocycles. The minimum absolute atomic E-state index is 0.0445. The monoisotopic (exact) mass is 313 g/mol. The molecule has 0 aliphatic carbocycles. The lowest BCUT2D eigenvalue weighted by molar-refractivity contribution is -0.249. The van der Waals surface area contributed by atoms with Crippen molar-refractivity contribution in [1.82, 2.24) is 5.32 Å². The molecule has 2 rings (SSSR count). The van der Waals surface area contributed by atoms with Crippen LogP contribution in [-0.2, 0) is 19.1 Å². The minimum atomic E-state index is -1.65. The van der Waals surface area contributed by atoms with Crippen LogP contribution < -0.4 is 5.32 Å². The fraction of sp³-hybridized carbons (Fsp3) is 0.733. The second-order valence-electron chi connectivity index (χ2n) is 6.22. The molecule has 2 amide bonds. The van der Waals surface area contributed by atoms with Gasteiger partial charge in [0.25, 0.3) is 0 Å². The van der Waals surface area contributed by atoms with Crippen molar-refractivity contribution in [3.63, 3.8) is 0 Å². The summed E-state index contributed by atoms with van der Waals surface area (Å²) in [5, 5.41) is 23.2. The van der Waals surface area contributed by atoms with Crippen LogP contribution in [0.5, 0.6) is 0 Å². The number of aliphatic hydroxyl groups excluding tert-OH is 1. The first-order valence-corrected chi connectivity index (χ1v) is 7.39. The maximum absolute atomic E-state index is 11.4. The molecule has 7 nitrogen and oxygen atoms in total. The highest BCUT2D eigenvalue weighted by molar-refractivity contribution is 5.97. The van der Waals surface area contributed by atoms with Gasteiger partial charge in [-0.1, -0.05) is 13.5 Å². The molecule has 0 aromatic carbocycles. The van der Waals surface area contributed by atoms with Gasteiger partial charge in [0.15, 0.2) is 0 Å². The van der Waals surface area contributed by atoms with E-state index in [1.807, 2.05) is 6.92 Å². The standard InChI is InChI=1S/C15H23NO6/c1-8-7-15(20,22-9(8)2)14(21-3)11(17)4-10-5-12(18)16-13(19)6-10/h8,10-11,14,17,20H,2,4-7H2,1,3H3,(H,16,18,19)/t8-,11+,14+,15-/m1/s1. The molecule has 2 heterocycles. The molecule has 4 atom stereocenters. The van der Waals surface area contributed by atoms with E-state index >= 15 is 0 Å². The minimum Gasteiger partial charge on any atom is -0.464 e. The molecule has 2 fully saturated rings. The molecule has 0 unspecified atom stereocenters. The number of carbonyl (C=O) groups excluding carboxylic acids is 2. The molecular formula is C15H23NO6. The summed E-state index contributed by atoms with van der Waals surface area (Å²) in [5.74, 6) is -2.22. The zero-order chi connectivity index (χ0) is 16.5. The summed E-state index contributed by atoms with van der Waals surface area (Å²) in [6.07, 6.45) is -1.26. The third-order valence-corrected chi connectivity index (χ3v) is 4.31. The van der Waals surface area contributed by atoms with Crippen molar-refractivity contribution in [2.24, 2.45) is 11.8 Å². The van der Waals surface area contributed by atoms with Crippen molar-refractivity contribution in [3.8, 4) is 0 Å². The maximum atomic E-state index is 11.4. The van der Waals surface area contributed by atoms with Crippen LogP contribution in [0.15, 0.2) is 12.3 Å². The Labute approximate surface area is 129 Å². The van der Waals surface area contributed by atoms with Crippen molar-refractivity contribution in [2.45, 2.75) is 50.6 Å². The van der Waals surface area contributed by atoms with Gasteiger partial charge in [-0.2, -0.15) is 0 Å². The molecule has 0 radical (unpaired) electrons. The summed E-state index contributed by atoms with van der Waals surface area (Å²) in [6, 6.07) is 0. The summed E-state index contributed by atoms with van der Waals surface area (Å²) in [4.78, 5) is 22.8. The van der Waals surface area contributed by atoms with Crippen molar-refractivity contribution in [3.05, 3.63) is 12.3 Å². The lowest BCUT2D eigenvalue weighted by Crippen LogP contribution is -2.51. The molecule has 2 aliphatic rings. The van der Waals surface area contributed by atoms with Gasteiger partial charge in [0.05, 0.1) is 11.9 Å². The Morgan fingerprint density at radius 3 is 2.50 bits per heavy atom. The summed E-state index contributed by atoms with van der Waals surface area (Å²) >= 11 is 0. The topological polar surface area (TPSA) is 105 Å². The molecule has 7 heteroatoms. The molecule has 0 bridgehead atoms. The molecule has 3 N–H and O–H groups in total. The first kappa shape index (κ1) is 16.9. The van der Waals surface area contributed by atoms with Gasteiger partial charge in [-0.25, -0.2) is 0 Å². The Morgan fingerprint density at radius 1 is 1.45 bits per heavy atom. The Bertz CT molecular complexity index is 463. The number of allylic oxidation sites excluding steroid dienone is 1. The number of ether oxygens (including phenoxy) is 2. The Hall–Kier alpha value is -1.44. The van der Waals surface area contributed by atoms with E-state index in [4.69, 9.17) is 9.47 Å². The first-order chi connectivity index (χ1) is 10.2. The quantitative estimate of drug-likeness (QED) is 0.620. The van der Waals surface area contributed by atoms with Crippen molar-refractivity contribution < 1.29 is 29.3 Å². The Morgan fingerprint density at radius 2 is 2.05 bits per heavy atom. The highest BCUT2D eigenvalue weighted by atomic mass is 16.7. The van der Waals surface area contributed by atoms with Crippen LogP contribution in [0.2, 0.25) is 0 Å².